The molecule has 1 fully saturated rings. The van der Waals surface area contributed by atoms with Gasteiger partial charge in [0.1, 0.15) is 0 Å². The average molecular weight is 417 g/mol. The molecule has 1 aromatic carbocycles. The van der Waals surface area contributed by atoms with Crippen molar-refractivity contribution in [3.8, 4) is 0 Å². The Morgan fingerprint density at radius 2 is 1.93 bits per heavy atom. The van der Waals surface area contributed by atoms with E-state index in [4.69, 9.17) is 16.3 Å². The number of hydrogen-bond acceptors (Lipinski definition) is 5. The molecule has 1 amide bonds. The first-order chi connectivity index (χ1) is 12.8. The van der Waals surface area contributed by atoms with Crippen LogP contribution in [0.4, 0.5) is 0 Å². The van der Waals surface area contributed by atoms with E-state index in [-0.39, 0.29) is 15.5 Å². The summed E-state index contributed by atoms with van der Waals surface area (Å²) in [5, 5.41) is 2.70. The molecule has 7 nitrogen and oxygen atoms in total. The predicted molar refractivity (Wildman–Crippen MR) is 102 cm³/mol. The maximum absolute atomic E-state index is 12.8. The molecule has 9 heteroatoms. The van der Waals surface area contributed by atoms with Gasteiger partial charge < -0.3 is 10.1 Å². The lowest BCUT2D eigenvalue weighted by Crippen LogP contribution is -2.36. The van der Waals surface area contributed by atoms with E-state index in [1.807, 2.05) is 6.92 Å². The molecule has 0 radical (unpaired) electrons. The number of nitrogens with one attached hydrogen (secondary N) is 1. The molecule has 150 valence electrons. The molecule has 0 aliphatic carbocycles. The van der Waals surface area contributed by atoms with Gasteiger partial charge in [0.05, 0.1) is 15.5 Å². The van der Waals surface area contributed by atoms with Crippen molar-refractivity contribution in [1.29, 1.82) is 0 Å². The van der Waals surface area contributed by atoms with Crippen molar-refractivity contribution in [2.75, 3.05) is 19.6 Å². The summed E-state index contributed by atoms with van der Waals surface area (Å²) in [6.45, 7) is 4.75. The Balaban J connectivity index is 2.19. The van der Waals surface area contributed by atoms with Crippen LogP contribution in [-0.2, 0) is 19.6 Å². The number of benzene rings is 1. The molecular formula is C18H25ClN2O5S. The minimum Gasteiger partial charge on any atom is -0.449 e. The zero-order chi connectivity index (χ0) is 20.0. The van der Waals surface area contributed by atoms with Gasteiger partial charge in [-0.05, 0) is 44.4 Å². The van der Waals surface area contributed by atoms with Gasteiger partial charge in [0, 0.05) is 19.6 Å². The molecule has 0 saturated carbocycles. The van der Waals surface area contributed by atoms with Crippen molar-refractivity contribution in [3.05, 3.63) is 28.8 Å². The van der Waals surface area contributed by atoms with Crippen LogP contribution >= 0.6 is 11.6 Å². The first-order valence-corrected chi connectivity index (χ1v) is 10.9. The molecule has 0 unspecified atom stereocenters. The molecule has 1 atom stereocenters. The Kier molecular flexibility index (Phi) is 7.64. The van der Waals surface area contributed by atoms with Gasteiger partial charge in [0.15, 0.2) is 6.10 Å². The lowest BCUT2D eigenvalue weighted by atomic mass is 10.2. The van der Waals surface area contributed by atoms with Crippen molar-refractivity contribution < 1.29 is 22.7 Å². The lowest BCUT2D eigenvalue weighted by molar-refractivity contribution is -0.129. The summed E-state index contributed by atoms with van der Waals surface area (Å²) in [5.41, 5.74) is -0.0788. The number of carbonyl (C=O) groups is 2. The fourth-order valence-corrected chi connectivity index (χ4v) is 4.48. The van der Waals surface area contributed by atoms with E-state index in [2.05, 4.69) is 5.32 Å². The number of piperidine rings is 1. The van der Waals surface area contributed by atoms with Crippen LogP contribution in [0.3, 0.4) is 0 Å². The normalized spacial score (nSPS) is 16.6. The van der Waals surface area contributed by atoms with Gasteiger partial charge in [-0.1, -0.05) is 24.9 Å². The molecular weight excluding hydrogens is 392 g/mol. The van der Waals surface area contributed by atoms with E-state index in [0.29, 0.717) is 19.6 Å². The van der Waals surface area contributed by atoms with Gasteiger partial charge >= 0.3 is 5.97 Å². The molecule has 1 aliphatic rings. The quantitative estimate of drug-likeness (QED) is 0.689. The van der Waals surface area contributed by atoms with Gasteiger partial charge in [0.2, 0.25) is 10.0 Å². The van der Waals surface area contributed by atoms with E-state index in [0.717, 1.165) is 25.7 Å². The van der Waals surface area contributed by atoms with E-state index in [1.165, 1.54) is 29.4 Å². The van der Waals surface area contributed by atoms with Crippen molar-refractivity contribution >= 4 is 33.5 Å². The zero-order valence-corrected chi connectivity index (χ0v) is 17.1. The number of carbonyl (C=O) groups excluding carboxylic acids is 2. The Morgan fingerprint density at radius 3 is 2.56 bits per heavy atom. The van der Waals surface area contributed by atoms with Crippen molar-refractivity contribution in [2.45, 2.75) is 50.5 Å². The molecule has 1 aromatic rings. The van der Waals surface area contributed by atoms with Crippen LogP contribution in [0.1, 0.15) is 49.9 Å². The summed E-state index contributed by atoms with van der Waals surface area (Å²) in [6, 6.07) is 3.95. The van der Waals surface area contributed by atoms with Crippen LogP contribution in [0.2, 0.25) is 5.02 Å². The number of sulfonamides is 1. The summed E-state index contributed by atoms with van der Waals surface area (Å²) >= 11 is 6.06. The monoisotopic (exact) mass is 416 g/mol. The smallest absolute Gasteiger partial charge is 0.340 e. The number of nitrogens with zero attached hydrogens (tertiary/aromatic N) is 1. The zero-order valence-electron chi connectivity index (χ0n) is 15.5. The standard InChI is InChI=1S/C18H25ClN2O5S/c1-3-9-20-17(22)13(2)26-18(23)15-12-14(7-8-16(15)19)27(24,25)21-10-5-4-6-11-21/h7-8,12-13H,3-6,9-11H2,1-2H3,(H,20,22)/t13-/m0/s1. The number of amides is 1. The Morgan fingerprint density at radius 1 is 1.26 bits per heavy atom. The minimum atomic E-state index is -3.70. The highest BCUT2D eigenvalue weighted by Gasteiger charge is 2.28. The lowest BCUT2D eigenvalue weighted by Gasteiger charge is -2.26. The molecule has 1 saturated heterocycles. The summed E-state index contributed by atoms with van der Waals surface area (Å²) < 4.78 is 32.1. The Labute approximate surface area is 165 Å². The van der Waals surface area contributed by atoms with E-state index in [1.54, 1.807) is 0 Å². The van der Waals surface area contributed by atoms with E-state index >= 15 is 0 Å². The highest BCUT2D eigenvalue weighted by Crippen LogP contribution is 2.25. The number of hydrogen-bond donors (Lipinski definition) is 1. The second-order valence-electron chi connectivity index (χ2n) is 6.44. The second-order valence-corrected chi connectivity index (χ2v) is 8.79. The number of halogens is 1. The third-order valence-electron chi connectivity index (χ3n) is 4.31. The van der Waals surface area contributed by atoms with Crippen molar-refractivity contribution in [3.63, 3.8) is 0 Å². The maximum atomic E-state index is 12.8. The molecule has 1 heterocycles. The summed E-state index contributed by atoms with van der Waals surface area (Å²) in [5.74, 6) is -1.26. The highest BCUT2D eigenvalue weighted by atomic mass is 35.5. The molecule has 0 spiro atoms. The van der Waals surface area contributed by atoms with Crippen molar-refractivity contribution in [2.24, 2.45) is 0 Å². The van der Waals surface area contributed by atoms with E-state index < -0.39 is 28.0 Å². The fraction of sp³-hybridized carbons (Fsp3) is 0.556. The molecule has 2 rings (SSSR count). The maximum Gasteiger partial charge on any atom is 0.340 e. The Bertz CT molecular complexity index is 791. The molecule has 0 aromatic heterocycles. The molecule has 27 heavy (non-hydrogen) atoms. The Hall–Kier alpha value is -1.64. The third kappa shape index (κ3) is 5.43. The summed E-state index contributed by atoms with van der Waals surface area (Å²) in [7, 11) is -3.70. The third-order valence-corrected chi connectivity index (χ3v) is 6.54. The van der Waals surface area contributed by atoms with Gasteiger partial charge in [-0.3, -0.25) is 4.79 Å². The number of rotatable bonds is 7. The SMILES string of the molecule is CCCNC(=O)[C@H](C)OC(=O)c1cc(S(=O)(=O)N2CCCCC2)ccc1Cl. The largest absolute Gasteiger partial charge is 0.449 e. The van der Waals surface area contributed by atoms with Crippen LogP contribution in [0.25, 0.3) is 0 Å². The van der Waals surface area contributed by atoms with Crippen LogP contribution in [-0.4, -0.2) is 50.3 Å². The van der Waals surface area contributed by atoms with E-state index in [9.17, 15) is 18.0 Å². The van der Waals surface area contributed by atoms with Gasteiger partial charge in [-0.25, -0.2) is 13.2 Å². The van der Waals surface area contributed by atoms with Crippen LogP contribution in [0.15, 0.2) is 23.1 Å². The molecule has 1 aliphatic heterocycles. The van der Waals surface area contributed by atoms with Crippen molar-refractivity contribution in [1.82, 2.24) is 9.62 Å². The van der Waals surface area contributed by atoms with Crippen LogP contribution in [0, 0.1) is 0 Å². The highest BCUT2D eigenvalue weighted by molar-refractivity contribution is 7.89. The first-order valence-electron chi connectivity index (χ1n) is 9.05. The predicted octanol–water partition coefficient (Wildman–Crippen LogP) is 2.59. The van der Waals surface area contributed by atoms with Crippen LogP contribution in [0.5, 0.6) is 0 Å². The second kappa shape index (κ2) is 9.52. The van der Waals surface area contributed by atoms with Gasteiger partial charge in [0.25, 0.3) is 5.91 Å². The average Bonchev–Trinajstić information content (AvgIpc) is 2.66. The van der Waals surface area contributed by atoms with Gasteiger partial charge in [-0.15, -0.1) is 0 Å². The topological polar surface area (TPSA) is 92.8 Å². The minimum absolute atomic E-state index is 0.0103. The summed E-state index contributed by atoms with van der Waals surface area (Å²) in [4.78, 5) is 24.3. The molecule has 0 bridgehead atoms. The van der Waals surface area contributed by atoms with Crippen LogP contribution < -0.4 is 5.32 Å². The fourth-order valence-electron chi connectivity index (χ4n) is 2.75. The number of ether oxygens (including phenoxy) is 1. The summed E-state index contributed by atoms with van der Waals surface area (Å²) in [6.07, 6.45) is 2.37. The first kappa shape index (κ1) is 21.7. The molecule has 1 N–H and O–H groups in total. The van der Waals surface area contributed by atoms with Gasteiger partial charge in [-0.2, -0.15) is 4.31 Å². The number of esters is 1.